The maximum atomic E-state index is 12.1. The van der Waals surface area contributed by atoms with Crippen molar-refractivity contribution < 1.29 is 9.53 Å². The van der Waals surface area contributed by atoms with Gasteiger partial charge < -0.3 is 15.4 Å². The molecule has 1 aliphatic carbocycles. The predicted molar refractivity (Wildman–Crippen MR) is 152 cm³/mol. The van der Waals surface area contributed by atoms with Crippen molar-refractivity contribution in [1.82, 2.24) is 10.3 Å². The third-order valence-corrected chi connectivity index (χ3v) is 6.43. The van der Waals surface area contributed by atoms with Gasteiger partial charge in [-0.2, -0.15) is 0 Å². The minimum atomic E-state index is -0.522. The lowest BCUT2D eigenvalue weighted by Crippen LogP contribution is -2.35. The summed E-state index contributed by atoms with van der Waals surface area (Å²) < 4.78 is 5.38. The largest absolute Gasteiger partial charge is 0.444 e. The molecule has 0 atom stereocenters. The molecule has 0 bridgehead atoms. The van der Waals surface area contributed by atoms with Gasteiger partial charge in [-0.05, 0) is 89.2 Å². The number of rotatable bonds is 9. The summed E-state index contributed by atoms with van der Waals surface area (Å²) in [5.41, 5.74) is 7.10. The molecule has 1 aliphatic rings. The zero-order valence-corrected chi connectivity index (χ0v) is 23.1. The van der Waals surface area contributed by atoms with Crippen LogP contribution in [0.15, 0.2) is 63.8 Å². The topological polar surface area (TPSA) is 75.6 Å². The van der Waals surface area contributed by atoms with E-state index >= 15 is 0 Å². The van der Waals surface area contributed by atoms with Crippen LogP contribution in [0.25, 0.3) is 16.8 Å². The molecule has 0 unspecified atom stereocenters. The summed E-state index contributed by atoms with van der Waals surface area (Å²) in [5.74, 6) is 0. The number of alkyl carbamates (subject to hydrolysis) is 1. The number of benzene rings is 1. The molecule has 1 aromatic carbocycles. The van der Waals surface area contributed by atoms with E-state index in [1.54, 1.807) is 11.3 Å². The number of aliphatic imine (C=N–C) groups is 1. The van der Waals surface area contributed by atoms with Gasteiger partial charge in [0.25, 0.3) is 0 Å². The van der Waals surface area contributed by atoms with Gasteiger partial charge in [0, 0.05) is 28.6 Å². The molecule has 36 heavy (non-hydrogen) atoms. The lowest BCUT2D eigenvalue weighted by Gasteiger charge is -2.24. The highest BCUT2D eigenvalue weighted by molar-refractivity contribution is 7.14. The molecule has 6 nitrogen and oxygen atoms in total. The number of nitrogens with zero attached hydrogens (tertiary/aromatic N) is 2. The summed E-state index contributed by atoms with van der Waals surface area (Å²) >= 11 is 1.56. The second-order valence-corrected chi connectivity index (χ2v) is 10.8. The van der Waals surface area contributed by atoms with E-state index < -0.39 is 11.7 Å². The zero-order valence-electron chi connectivity index (χ0n) is 22.3. The third kappa shape index (κ3) is 8.48. The highest BCUT2D eigenvalue weighted by Gasteiger charge is 2.19. The molecule has 3 rings (SSSR count). The van der Waals surface area contributed by atoms with E-state index in [9.17, 15) is 4.79 Å². The predicted octanol–water partition coefficient (Wildman–Crippen LogP) is 7.97. The molecule has 7 heteroatoms. The maximum Gasteiger partial charge on any atom is 0.407 e. The standard InChI is InChI=1S/C29H38N4O2S/c1-7-10-21(3)30-16-15-20(2)23-13-9-14-24(17-23)26-19-36-27(33-26)32-25(22-11-8-12-22)18-31-28(34)35-29(4,5)6/h9-10,13-17,19H,7-8,11-12,18H2,1-6H3,(H,31,34)(H,32,33)/b20-15+,21-10+,30-16+. The number of aromatic nitrogens is 1. The van der Waals surface area contributed by atoms with Gasteiger partial charge in [0.15, 0.2) is 5.13 Å². The van der Waals surface area contributed by atoms with Crippen molar-refractivity contribution >= 4 is 34.3 Å². The molecule has 2 aromatic rings. The van der Waals surface area contributed by atoms with Crippen LogP contribution < -0.4 is 10.6 Å². The molecule has 0 aliphatic heterocycles. The van der Waals surface area contributed by atoms with Crippen molar-refractivity contribution in [2.24, 2.45) is 4.99 Å². The van der Waals surface area contributed by atoms with Gasteiger partial charge in [-0.25, -0.2) is 9.78 Å². The van der Waals surface area contributed by atoms with Gasteiger partial charge in [0.05, 0.1) is 12.2 Å². The Hall–Kier alpha value is -3.19. The maximum absolute atomic E-state index is 12.1. The summed E-state index contributed by atoms with van der Waals surface area (Å²) in [6.07, 6.45) is 9.83. The Balaban J connectivity index is 1.69. The van der Waals surface area contributed by atoms with E-state index in [0.29, 0.717) is 6.54 Å². The highest BCUT2D eigenvalue weighted by atomic mass is 32.1. The first kappa shape index (κ1) is 27.4. The first-order valence-electron chi connectivity index (χ1n) is 12.5. The molecule has 1 aromatic heterocycles. The van der Waals surface area contributed by atoms with Crippen LogP contribution in [0.3, 0.4) is 0 Å². The first-order chi connectivity index (χ1) is 17.1. The molecule has 192 valence electrons. The van der Waals surface area contributed by atoms with Gasteiger partial charge in [-0.3, -0.25) is 4.99 Å². The fourth-order valence-electron chi connectivity index (χ4n) is 3.62. The minimum absolute atomic E-state index is 0.396. The number of nitrogens with one attached hydrogen (secondary N) is 2. The van der Waals surface area contributed by atoms with Gasteiger partial charge >= 0.3 is 6.09 Å². The van der Waals surface area contributed by atoms with Crippen LogP contribution in [0.1, 0.15) is 72.8 Å². The lowest BCUT2D eigenvalue weighted by atomic mass is 9.90. The van der Waals surface area contributed by atoms with E-state index in [2.05, 4.69) is 65.2 Å². The number of allylic oxidation sites excluding steroid dienone is 5. The Bertz CT molecular complexity index is 1180. The Morgan fingerprint density at radius 3 is 2.69 bits per heavy atom. The number of hydrogen-bond acceptors (Lipinski definition) is 6. The molecule has 0 spiro atoms. The summed E-state index contributed by atoms with van der Waals surface area (Å²) in [7, 11) is 0. The average Bonchev–Trinajstić information content (AvgIpc) is 3.24. The van der Waals surface area contributed by atoms with Gasteiger partial charge in [0.2, 0.25) is 0 Å². The SMILES string of the molecule is CC/C=C(C)/N=C/C=C(\C)c1cccc(-c2csc(NC(CNC(=O)OC(C)(C)C)=C3CCC3)n2)c1. The number of thiazole rings is 1. The third-order valence-electron chi connectivity index (χ3n) is 5.67. The smallest absolute Gasteiger partial charge is 0.407 e. The number of carbonyl (C=O) groups excluding carboxylic acids is 1. The monoisotopic (exact) mass is 506 g/mol. The summed E-state index contributed by atoms with van der Waals surface area (Å²) in [4.78, 5) is 21.4. The number of carbonyl (C=O) groups is 1. The Morgan fingerprint density at radius 2 is 2.03 bits per heavy atom. The van der Waals surface area contributed by atoms with E-state index in [1.807, 2.05) is 40.0 Å². The molecule has 1 saturated carbocycles. The van der Waals surface area contributed by atoms with E-state index in [4.69, 9.17) is 9.72 Å². The normalized spacial score (nSPS) is 14.6. The van der Waals surface area contributed by atoms with Gasteiger partial charge in [-0.1, -0.05) is 31.2 Å². The lowest BCUT2D eigenvalue weighted by molar-refractivity contribution is 0.0532. The Labute approximate surface area is 219 Å². The van der Waals surface area contributed by atoms with Crippen molar-refractivity contribution in [3.63, 3.8) is 0 Å². The quantitative estimate of drug-likeness (QED) is 0.338. The number of amides is 1. The number of anilines is 1. The molecule has 1 amide bonds. The van der Waals surface area contributed by atoms with Crippen molar-refractivity contribution in [2.45, 2.75) is 72.8 Å². The van der Waals surface area contributed by atoms with Crippen LogP contribution in [0.2, 0.25) is 0 Å². The van der Waals surface area contributed by atoms with Crippen LogP contribution in [0, 0.1) is 0 Å². The van der Waals surface area contributed by atoms with E-state index in [-0.39, 0.29) is 0 Å². The Morgan fingerprint density at radius 1 is 1.25 bits per heavy atom. The highest BCUT2D eigenvalue weighted by Crippen LogP contribution is 2.32. The fourth-order valence-corrected chi connectivity index (χ4v) is 4.36. The second-order valence-electron chi connectivity index (χ2n) is 9.92. The van der Waals surface area contributed by atoms with Gasteiger partial charge in [0.1, 0.15) is 5.60 Å². The Kier molecular flexibility index (Phi) is 9.65. The molecule has 1 fully saturated rings. The van der Waals surface area contributed by atoms with Crippen LogP contribution in [-0.2, 0) is 4.74 Å². The first-order valence-corrected chi connectivity index (χ1v) is 13.4. The second kappa shape index (κ2) is 12.7. The number of ether oxygens (including phenoxy) is 1. The molecular weight excluding hydrogens is 468 g/mol. The van der Waals surface area contributed by atoms with Crippen molar-refractivity contribution in [1.29, 1.82) is 0 Å². The van der Waals surface area contributed by atoms with Crippen LogP contribution in [-0.4, -0.2) is 29.4 Å². The summed E-state index contributed by atoms with van der Waals surface area (Å²) in [5, 5.41) is 9.20. The van der Waals surface area contributed by atoms with E-state index in [1.165, 1.54) is 12.0 Å². The fraction of sp³-hybridized carbons (Fsp3) is 0.414. The van der Waals surface area contributed by atoms with Crippen LogP contribution in [0.5, 0.6) is 0 Å². The van der Waals surface area contributed by atoms with Crippen molar-refractivity contribution in [3.8, 4) is 11.3 Å². The molecule has 0 saturated heterocycles. The molecule has 2 N–H and O–H groups in total. The summed E-state index contributed by atoms with van der Waals surface area (Å²) in [6.45, 7) is 12.2. The molecule has 1 heterocycles. The van der Waals surface area contributed by atoms with Crippen LogP contribution >= 0.6 is 11.3 Å². The minimum Gasteiger partial charge on any atom is -0.444 e. The molecular formula is C29H38N4O2S. The summed E-state index contributed by atoms with van der Waals surface area (Å²) in [6, 6.07) is 8.39. The number of hydrogen-bond donors (Lipinski definition) is 2. The van der Waals surface area contributed by atoms with Crippen LogP contribution in [0.4, 0.5) is 9.93 Å². The van der Waals surface area contributed by atoms with E-state index in [0.717, 1.165) is 58.2 Å². The van der Waals surface area contributed by atoms with Crippen molar-refractivity contribution in [3.05, 3.63) is 64.3 Å². The zero-order chi connectivity index (χ0) is 26.1. The average molecular weight is 507 g/mol. The molecule has 0 radical (unpaired) electrons. The van der Waals surface area contributed by atoms with Crippen molar-refractivity contribution in [2.75, 3.05) is 11.9 Å². The van der Waals surface area contributed by atoms with Gasteiger partial charge in [-0.15, -0.1) is 11.3 Å².